The van der Waals surface area contributed by atoms with E-state index in [2.05, 4.69) is 121 Å². The Morgan fingerprint density at radius 1 is 0.500 bits per heavy atom. The van der Waals surface area contributed by atoms with Crippen LogP contribution in [0.4, 0.5) is 0 Å². The van der Waals surface area contributed by atoms with Crippen molar-refractivity contribution in [2.45, 2.75) is 6.92 Å². The van der Waals surface area contributed by atoms with Gasteiger partial charge >= 0.3 is 0 Å². The van der Waals surface area contributed by atoms with Crippen LogP contribution in [0.2, 0.25) is 0 Å². The second-order valence-electron chi connectivity index (χ2n) is 7.95. The standard InChI is InChI=1S/C29H21N/c1-20-10-12-21(13-11-20)22-14-17-24(18-15-22)30-28-9-5-4-8-26(28)27-19-16-23-6-2-3-7-25(23)29(27)30/h2-19H,1H3. The summed E-state index contributed by atoms with van der Waals surface area (Å²) in [7, 11) is 0. The minimum absolute atomic E-state index is 1.19. The SMILES string of the molecule is Cc1ccc(-c2ccc(-n3c4ccccc4c4ccc5ccccc5c43)cc2)cc1. The first-order chi connectivity index (χ1) is 14.8. The molecule has 0 aliphatic rings. The van der Waals surface area contributed by atoms with Crippen molar-refractivity contribution >= 4 is 32.6 Å². The Kier molecular flexibility index (Phi) is 3.75. The molecule has 0 radical (unpaired) electrons. The molecule has 1 aromatic heterocycles. The number of aryl methyl sites for hydroxylation is 1. The normalized spacial score (nSPS) is 11.5. The zero-order valence-corrected chi connectivity index (χ0v) is 16.8. The van der Waals surface area contributed by atoms with Crippen LogP contribution in [0.5, 0.6) is 0 Å². The first-order valence-corrected chi connectivity index (χ1v) is 10.4. The van der Waals surface area contributed by atoms with Gasteiger partial charge < -0.3 is 4.57 Å². The van der Waals surface area contributed by atoms with Crippen LogP contribution in [0.25, 0.3) is 49.4 Å². The summed E-state index contributed by atoms with van der Waals surface area (Å²) in [6.45, 7) is 2.12. The monoisotopic (exact) mass is 383 g/mol. The molecule has 1 nitrogen and oxygen atoms in total. The third kappa shape index (κ3) is 2.56. The number of fused-ring (bicyclic) bond motifs is 5. The average molecular weight is 383 g/mol. The maximum atomic E-state index is 2.41. The second kappa shape index (κ2) is 6.60. The number of benzene rings is 5. The molecule has 5 aromatic carbocycles. The molecule has 0 saturated heterocycles. The van der Waals surface area contributed by atoms with Crippen molar-refractivity contribution in [3.63, 3.8) is 0 Å². The molecule has 1 heteroatoms. The molecule has 0 bridgehead atoms. The molecule has 0 atom stereocenters. The van der Waals surface area contributed by atoms with Crippen molar-refractivity contribution in [3.05, 3.63) is 115 Å². The van der Waals surface area contributed by atoms with Crippen LogP contribution in [0.3, 0.4) is 0 Å². The molecule has 0 aliphatic heterocycles. The minimum atomic E-state index is 1.19. The van der Waals surface area contributed by atoms with Crippen molar-refractivity contribution in [2.75, 3.05) is 0 Å². The molecule has 0 amide bonds. The number of aromatic nitrogens is 1. The van der Waals surface area contributed by atoms with Crippen molar-refractivity contribution < 1.29 is 0 Å². The first-order valence-electron chi connectivity index (χ1n) is 10.4. The van der Waals surface area contributed by atoms with E-state index >= 15 is 0 Å². The predicted molar refractivity (Wildman–Crippen MR) is 128 cm³/mol. The van der Waals surface area contributed by atoms with Gasteiger partial charge in [-0.25, -0.2) is 0 Å². The Morgan fingerprint density at radius 3 is 1.90 bits per heavy atom. The topological polar surface area (TPSA) is 4.93 Å². The van der Waals surface area contributed by atoms with Crippen molar-refractivity contribution in [1.82, 2.24) is 4.57 Å². The highest BCUT2D eigenvalue weighted by atomic mass is 15.0. The third-order valence-electron chi connectivity index (χ3n) is 6.07. The van der Waals surface area contributed by atoms with E-state index in [1.165, 1.54) is 55.0 Å². The van der Waals surface area contributed by atoms with Crippen LogP contribution in [-0.4, -0.2) is 4.57 Å². The fourth-order valence-electron chi connectivity index (χ4n) is 4.55. The maximum absolute atomic E-state index is 2.41. The molecule has 0 fully saturated rings. The van der Waals surface area contributed by atoms with Crippen LogP contribution in [0.15, 0.2) is 109 Å². The van der Waals surface area contributed by atoms with Crippen LogP contribution < -0.4 is 0 Å². The Morgan fingerprint density at radius 2 is 1.13 bits per heavy atom. The Balaban J connectivity index is 1.63. The van der Waals surface area contributed by atoms with Crippen molar-refractivity contribution in [3.8, 4) is 16.8 Å². The number of nitrogens with zero attached hydrogens (tertiary/aromatic N) is 1. The summed E-state index contributed by atoms with van der Waals surface area (Å²) in [6, 6.07) is 39.5. The number of hydrogen-bond donors (Lipinski definition) is 0. The molecule has 142 valence electrons. The van der Waals surface area contributed by atoms with Gasteiger partial charge in [0.25, 0.3) is 0 Å². The second-order valence-corrected chi connectivity index (χ2v) is 7.95. The van der Waals surface area contributed by atoms with Gasteiger partial charge in [0.2, 0.25) is 0 Å². The Labute approximate surface area is 175 Å². The summed E-state index contributed by atoms with van der Waals surface area (Å²) < 4.78 is 2.41. The molecule has 1 heterocycles. The minimum Gasteiger partial charge on any atom is -0.309 e. The lowest BCUT2D eigenvalue weighted by molar-refractivity contribution is 1.19. The van der Waals surface area contributed by atoms with Gasteiger partial charge in [0.1, 0.15) is 0 Å². The highest BCUT2D eigenvalue weighted by Crippen LogP contribution is 2.36. The van der Waals surface area contributed by atoms with Gasteiger partial charge in [-0.05, 0) is 41.6 Å². The molecule has 0 spiro atoms. The average Bonchev–Trinajstić information content (AvgIpc) is 3.15. The molecular weight excluding hydrogens is 362 g/mol. The highest BCUT2D eigenvalue weighted by molar-refractivity contribution is 6.18. The number of para-hydroxylation sites is 1. The zero-order chi connectivity index (χ0) is 20.1. The van der Waals surface area contributed by atoms with E-state index in [0.29, 0.717) is 0 Å². The maximum Gasteiger partial charge on any atom is 0.0619 e. The van der Waals surface area contributed by atoms with E-state index < -0.39 is 0 Å². The van der Waals surface area contributed by atoms with Crippen molar-refractivity contribution in [2.24, 2.45) is 0 Å². The Bertz CT molecular complexity index is 1520. The van der Waals surface area contributed by atoms with E-state index in [-0.39, 0.29) is 0 Å². The fraction of sp³-hybridized carbons (Fsp3) is 0.0345. The van der Waals surface area contributed by atoms with Crippen LogP contribution in [0, 0.1) is 6.92 Å². The smallest absolute Gasteiger partial charge is 0.0619 e. The molecule has 0 unspecified atom stereocenters. The van der Waals surface area contributed by atoms with Gasteiger partial charge in [-0.2, -0.15) is 0 Å². The van der Waals surface area contributed by atoms with E-state index in [1.54, 1.807) is 0 Å². The summed E-state index contributed by atoms with van der Waals surface area (Å²) >= 11 is 0. The zero-order valence-electron chi connectivity index (χ0n) is 16.8. The molecule has 6 rings (SSSR count). The summed E-state index contributed by atoms with van der Waals surface area (Å²) in [6.07, 6.45) is 0. The molecule has 6 aromatic rings. The van der Waals surface area contributed by atoms with Gasteiger partial charge in [-0.15, -0.1) is 0 Å². The van der Waals surface area contributed by atoms with Gasteiger partial charge in [-0.1, -0.05) is 96.6 Å². The van der Waals surface area contributed by atoms with Gasteiger partial charge in [0.15, 0.2) is 0 Å². The summed E-state index contributed by atoms with van der Waals surface area (Å²) in [5.41, 5.74) is 7.48. The lowest BCUT2D eigenvalue weighted by atomic mass is 10.0. The number of rotatable bonds is 2. The number of hydrogen-bond acceptors (Lipinski definition) is 0. The van der Waals surface area contributed by atoms with E-state index in [9.17, 15) is 0 Å². The quantitative estimate of drug-likeness (QED) is 0.286. The molecule has 0 saturated carbocycles. The summed E-state index contributed by atoms with van der Waals surface area (Å²) in [5.74, 6) is 0. The largest absolute Gasteiger partial charge is 0.309 e. The lowest BCUT2D eigenvalue weighted by Crippen LogP contribution is -1.94. The van der Waals surface area contributed by atoms with Crippen LogP contribution in [0.1, 0.15) is 5.56 Å². The fourth-order valence-corrected chi connectivity index (χ4v) is 4.55. The predicted octanol–water partition coefficient (Wildman–Crippen LogP) is 7.91. The van der Waals surface area contributed by atoms with Gasteiger partial charge in [0.05, 0.1) is 11.0 Å². The molecular formula is C29H21N. The summed E-state index contributed by atoms with van der Waals surface area (Å²) in [4.78, 5) is 0. The third-order valence-corrected chi connectivity index (χ3v) is 6.07. The van der Waals surface area contributed by atoms with Gasteiger partial charge in [0, 0.05) is 21.8 Å². The van der Waals surface area contributed by atoms with Gasteiger partial charge in [-0.3, -0.25) is 0 Å². The van der Waals surface area contributed by atoms with Crippen molar-refractivity contribution in [1.29, 1.82) is 0 Å². The molecule has 0 aliphatic carbocycles. The molecule has 0 N–H and O–H groups in total. The highest BCUT2D eigenvalue weighted by Gasteiger charge is 2.14. The van der Waals surface area contributed by atoms with Crippen LogP contribution >= 0.6 is 0 Å². The first kappa shape index (κ1) is 17.1. The summed E-state index contributed by atoms with van der Waals surface area (Å²) in [5, 5.41) is 5.15. The van der Waals surface area contributed by atoms with E-state index in [0.717, 1.165) is 0 Å². The lowest BCUT2D eigenvalue weighted by Gasteiger charge is -2.11. The Hall–Kier alpha value is -3.84. The van der Waals surface area contributed by atoms with E-state index in [1.807, 2.05) is 0 Å². The molecule has 30 heavy (non-hydrogen) atoms. The van der Waals surface area contributed by atoms with E-state index in [4.69, 9.17) is 0 Å². The van der Waals surface area contributed by atoms with Crippen LogP contribution in [-0.2, 0) is 0 Å².